The lowest BCUT2D eigenvalue weighted by molar-refractivity contribution is -0.150. The summed E-state index contributed by atoms with van der Waals surface area (Å²) in [5.41, 5.74) is 2.59. The van der Waals surface area contributed by atoms with E-state index in [1.807, 2.05) is 27.7 Å². The lowest BCUT2D eigenvalue weighted by Gasteiger charge is -2.32. The summed E-state index contributed by atoms with van der Waals surface area (Å²) in [5, 5.41) is 11.0. The molecule has 0 aliphatic carbocycles. The highest BCUT2D eigenvalue weighted by Gasteiger charge is 2.46. The van der Waals surface area contributed by atoms with Gasteiger partial charge in [-0.15, -0.1) is 0 Å². The molecule has 0 spiro atoms. The molecule has 4 rings (SSSR count). The zero-order valence-electron chi connectivity index (χ0n) is 23.3. The highest BCUT2D eigenvalue weighted by Crippen LogP contribution is 2.42. The van der Waals surface area contributed by atoms with Crippen LogP contribution in [0.5, 0.6) is 0 Å². The number of fused-ring (bicyclic) bond motifs is 1. The summed E-state index contributed by atoms with van der Waals surface area (Å²) >= 11 is 13.0. The van der Waals surface area contributed by atoms with Crippen molar-refractivity contribution in [1.29, 1.82) is 0 Å². The van der Waals surface area contributed by atoms with Crippen molar-refractivity contribution in [3.05, 3.63) is 93.0 Å². The van der Waals surface area contributed by atoms with E-state index >= 15 is 0 Å². The number of carbonyl (C=O) groups is 2. The van der Waals surface area contributed by atoms with Crippen LogP contribution in [0.2, 0.25) is 10.0 Å². The molecule has 0 fully saturated rings. The highest BCUT2D eigenvalue weighted by molar-refractivity contribution is 7.89. The molecular formula is C30H32Cl2N2O6S. The molecule has 41 heavy (non-hydrogen) atoms. The van der Waals surface area contributed by atoms with Gasteiger partial charge < -0.3 is 14.7 Å². The lowest BCUT2D eigenvalue weighted by Crippen LogP contribution is -2.56. The molecule has 0 bridgehead atoms. The van der Waals surface area contributed by atoms with Crippen LogP contribution < -0.4 is 9.62 Å². The third kappa shape index (κ3) is 6.76. The van der Waals surface area contributed by atoms with Crippen LogP contribution >= 0.6 is 23.2 Å². The zero-order chi connectivity index (χ0) is 30.3. The molecule has 0 saturated heterocycles. The maximum atomic E-state index is 14.2. The van der Waals surface area contributed by atoms with Crippen molar-refractivity contribution in [3.63, 3.8) is 0 Å². The predicted molar refractivity (Wildman–Crippen MR) is 159 cm³/mol. The van der Waals surface area contributed by atoms with E-state index in [1.165, 1.54) is 17.0 Å². The van der Waals surface area contributed by atoms with Gasteiger partial charge in [0, 0.05) is 33.4 Å². The van der Waals surface area contributed by atoms with E-state index in [0.29, 0.717) is 32.4 Å². The number of benzene rings is 3. The number of aryl methyl sites for hydroxylation is 2. The Bertz CT molecular complexity index is 1600. The molecule has 3 aromatic carbocycles. The van der Waals surface area contributed by atoms with Crippen LogP contribution in [-0.4, -0.2) is 44.1 Å². The van der Waals surface area contributed by atoms with Crippen molar-refractivity contribution in [3.8, 4) is 0 Å². The number of rotatable bonds is 7. The number of sulfonamides is 1. The fourth-order valence-corrected chi connectivity index (χ4v) is 6.37. The maximum absolute atomic E-state index is 14.2. The molecule has 1 heterocycles. The fraction of sp³-hybridized carbons (Fsp3) is 0.333. The predicted octanol–water partition coefficient (Wildman–Crippen LogP) is 5.91. The smallest absolute Gasteiger partial charge is 0.325 e. The van der Waals surface area contributed by atoms with Gasteiger partial charge in [0.25, 0.3) is 5.91 Å². The molecule has 11 heteroatoms. The Morgan fingerprint density at radius 1 is 1.02 bits per heavy atom. The number of carboxylic acids is 1. The lowest BCUT2D eigenvalue weighted by atomic mass is 9.94. The number of anilines is 1. The van der Waals surface area contributed by atoms with Crippen LogP contribution in [-0.2, 0) is 24.3 Å². The summed E-state index contributed by atoms with van der Waals surface area (Å²) in [6.07, 6.45) is -2.80. The second-order valence-corrected chi connectivity index (χ2v) is 13.9. The summed E-state index contributed by atoms with van der Waals surface area (Å²) in [4.78, 5) is 28.2. The van der Waals surface area contributed by atoms with E-state index < -0.39 is 45.6 Å². The average molecular weight is 620 g/mol. The van der Waals surface area contributed by atoms with Crippen LogP contribution in [0.1, 0.15) is 49.1 Å². The summed E-state index contributed by atoms with van der Waals surface area (Å²) in [5.74, 6) is -2.29. The van der Waals surface area contributed by atoms with Gasteiger partial charge >= 0.3 is 5.97 Å². The molecule has 1 aliphatic heterocycles. The van der Waals surface area contributed by atoms with Gasteiger partial charge in [-0.2, -0.15) is 4.72 Å². The Morgan fingerprint density at radius 2 is 1.71 bits per heavy atom. The third-order valence-corrected chi connectivity index (χ3v) is 8.83. The standard InChI is InChI=1S/C30H32Cl2N2O6S/c1-17-10-12-20(14-18(17)2)41(38,39)33-25(29(36)37)27-28(35)34(16-30(3,4)5)24-13-11-19(31)15-22(24)26(40-27)21-8-6-7-9-23(21)32/h6-15,25-27,33H,16H2,1-5H3,(H,36,37)/t25?,26-,27-/m0/s1. The minimum atomic E-state index is -4.37. The van der Waals surface area contributed by atoms with Crippen LogP contribution in [0.15, 0.2) is 65.6 Å². The second kappa shape index (κ2) is 11.7. The molecular weight excluding hydrogens is 587 g/mol. The van der Waals surface area contributed by atoms with Gasteiger partial charge in [-0.1, -0.05) is 68.2 Å². The van der Waals surface area contributed by atoms with Crippen molar-refractivity contribution >= 4 is 50.8 Å². The number of amides is 1. The minimum Gasteiger partial charge on any atom is -0.480 e. The van der Waals surface area contributed by atoms with E-state index in [4.69, 9.17) is 27.9 Å². The van der Waals surface area contributed by atoms with Crippen LogP contribution in [0.25, 0.3) is 0 Å². The summed E-state index contributed by atoms with van der Waals surface area (Å²) in [6.45, 7) is 9.56. The molecule has 8 nitrogen and oxygen atoms in total. The van der Waals surface area contributed by atoms with Crippen LogP contribution in [0, 0.1) is 19.3 Å². The van der Waals surface area contributed by atoms with E-state index in [2.05, 4.69) is 4.72 Å². The fourth-order valence-electron chi connectivity index (χ4n) is 4.68. The number of carbonyl (C=O) groups excluding carboxylic acids is 1. The third-order valence-electron chi connectivity index (χ3n) is 6.81. The summed E-state index contributed by atoms with van der Waals surface area (Å²) in [7, 11) is -4.37. The molecule has 1 unspecified atom stereocenters. The number of hydrogen-bond donors (Lipinski definition) is 2. The first kappa shape index (κ1) is 31.0. The van der Waals surface area contributed by atoms with Crippen molar-refractivity contribution < 1.29 is 27.9 Å². The second-order valence-electron chi connectivity index (χ2n) is 11.3. The van der Waals surface area contributed by atoms with Gasteiger partial charge in [0.1, 0.15) is 6.10 Å². The first-order valence-electron chi connectivity index (χ1n) is 12.9. The Kier molecular flexibility index (Phi) is 8.87. The van der Waals surface area contributed by atoms with Crippen LogP contribution in [0.4, 0.5) is 5.69 Å². The van der Waals surface area contributed by atoms with Gasteiger partial charge in [0.2, 0.25) is 10.0 Å². The van der Waals surface area contributed by atoms with E-state index in [1.54, 1.807) is 55.5 Å². The van der Waals surface area contributed by atoms with Gasteiger partial charge in [-0.05, 0) is 66.8 Å². The SMILES string of the molecule is Cc1ccc(S(=O)(=O)NC(C(=O)O)[C@@H]2O[C@@H](c3ccccc3Cl)c3cc(Cl)ccc3N(CC(C)(C)C)C2=O)cc1C. The molecule has 3 atom stereocenters. The number of hydrogen-bond acceptors (Lipinski definition) is 5. The van der Waals surface area contributed by atoms with Crippen molar-refractivity contribution in [1.82, 2.24) is 4.72 Å². The van der Waals surface area contributed by atoms with Crippen LogP contribution in [0.3, 0.4) is 0 Å². The molecule has 0 aromatic heterocycles. The molecule has 0 saturated carbocycles. The van der Waals surface area contributed by atoms with Gasteiger partial charge in [0.05, 0.1) is 4.90 Å². The Hall–Kier alpha value is -2.95. The molecule has 3 aromatic rings. The monoisotopic (exact) mass is 618 g/mol. The molecule has 1 amide bonds. The Balaban J connectivity index is 1.89. The molecule has 0 radical (unpaired) electrons. The first-order valence-corrected chi connectivity index (χ1v) is 15.2. The van der Waals surface area contributed by atoms with Crippen molar-refractivity contribution in [2.24, 2.45) is 5.41 Å². The quantitative estimate of drug-likeness (QED) is 0.340. The van der Waals surface area contributed by atoms with Gasteiger partial charge in [-0.3, -0.25) is 9.59 Å². The minimum absolute atomic E-state index is 0.128. The molecule has 2 N–H and O–H groups in total. The number of nitrogens with one attached hydrogen (secondary N) is 1. The van der Waals surface area contributed by atoms with Crippen molar-refractivity contribution in [2.45, 2.75) is 57.8 Å². The first-order chi connectivity index (χ1) is 19.1. The zero-order valence-corrected chi connectivity index (χ0v) is 25.6. The number of halogens is 2. The normalized spacial score (nSPS) is 18.5. The maximum Gasteiger partial charge on any atom is 0.325 e. The number of carboxylic acid groups (broad SMARTS) is 1. The van der Waals surface area contributed by atoms with Crippen molar-refractivity contribution in [2.75, 3.05) is 11.4 Å². The largest absolute Gasteiger partial charge is 0.480 e. The topological polar surface area (TPSA) is 113 Å². The van der Waals surface area contributed by atoms with Gasteiger partial charge in [0.15, 0.2) is 12.1 Å². The van der Waals surface area contributed by atoms with E-state index in [-0.39, 0.29) is 11.4 Å². The molecule has 1 aliphatic rings. The average Bonchev–Trinajstić information content (AvgIpc) is 2.98. The van der Waals surface area contributed by atoms with E-state index in [9.17, 15) is 23.1 Å². The summed E-state index contributed by atoms with van der Waals surface area (Å²) in [6, 6.07) is 14.3. The number of ether oxygens (including phenoxy) is 1. The summed E-state index contributed by atoms with van der Waals surface area (Å²) < 4.78 is 35.4. The Labute approximate surface area is 250 Å². The Morgan fingerprint density at radius 3 is 2.32 bits per heavy atom. The number of nitrogens with zero attached hydrogens (tertiary/aromatic N) is 1. The number of aliphatic carboxylic acids is 1. The highest BCUT2D eigenvalue weighted by atomic mass is 35.5. The van der Waals surface area contributed by atoms with E-state index in [0.717, 1.165) is 5.56 Å². The molecule has 218 valence electrons. The van der Waals surface area contributed by atoms with Gasteiger partial charge in [-0.25, -0.2) is 8.42 Å².